The van der Waals surface area contributed by atoms with Crippen molar-refractivity contribution in [1.82, 2.24) is 6.15 Å². The van der Waals surface area contributed by atoms with Crippen LogP contribution < -0.4 is 21.5 Å². The zero-order valence-electron chi connectivity index (χ0n) is 7.33. The number of carboxylic acid groups (broad SMARTS) is 3. The fourth-order valence-electron chi connectivity index (χ4n) is 0.684. The number of aliphatic carboxylic acids is 3. The van der Waals surface area contributed by atoms with Gasteiger partial charge in [0.05, 0.1) is 5.97 Å². The average molecular weight is 265 g/mol. The van der Waals surface area contributed by atoms with Crippen LogP contribution in [-0.4, -0.2) is 28.6 Å². The number of carboxylic acids is 3. The number of aliphatic hydroxyl groups is 1. The number of hydrogen-bond acceptors (Lipinski definition) is 8. The second kappa shape index (κ2) is 7.16. The number of carbonyl (C=O) groups excluding carboxylic acids is 3. The van der Waals surface area contributed by atoms with E-state index in [1.807, 2.05) is 0 Å². The van der Waals surface area contributed by atoms with Gasteiger partial charge in [-0.25, -0.2) is 0 Å². The third-order valence-corrected chi connectivity index (χ3v) is 1.25. The molecule has 89 valence electrons. The maximum Gasteiger partial charge on any atom is 3.00 e. The van der Waals surface area contributed by atoms with Crippen molar-refractivity contribution >= 4 is 17.9 Å². The molecular formula is C6H8NNiO7. The van der Waals surface area contributed by atoms with Crippen molar-refractivity contribution in [2.75, 3.05) is 0 Å². The van der Waals surface area contributed by atoms with Crippen LogP contribution in [0.25, 0.3) is 0 Å². The molecule has 0 saturated carbocycles. The third-order valence-electron chi connectivity index (χ3n) is 1.25. The minimum absolute atomic E-state index is 0. The van der Waals surface area contributed by atoms with Crippen molar-refractivity contribution < 1.29 is 51.3 Å². The molecule has 15 heavy (non-hydrogen) atoms. The van der Waals surface area contributed by atoms with Gasteiger partial charge in [-0.15, -0.1) is 0 Å². The van der Waals surface area contributed by atoms with Crippen LogP contribution in [0.1, 0.15) is 12.8 Å². The molecule has 0 spiro atoms. The topological polar surface area (TPSA) is 176 Å². The molecule has 0 unspecified atom stereocenters. The predicted molar refractivity (Wildman–Crippen MR) is 34.2 cm³/mol. The van der Waals surface area contributed by atoms with Gasteiger partial charge in [0.25, 0.3) is 0 Å². The van der Waals surface area contributed by atoms with Gasteiger partial charge < -0.3 is 41.0 Å². The minimum Gasteiger partial charge on any atom is -0.550 e. The molecule has 0 saturated heterocycles. The summed E-state index contributed by atoms with van der Waals surface area (Å²) in [7, 11) is 0. The molecule has 1 radical (unpaired) electrons. The van der Waals surface area contributed by atoms with Crippen molar-refractivity contribution in [3.05, 3.63) is 0 Å². The maximum absolute atomic E-state index is 10.1. The van der Waals surface area contributed by atoms with Crippen LogP contribution in [0.4, 0.5) is 0 Å². The van der Waals surface area contributed by atoms with Crippen molar-refractivity contribution in [3.63, 3.8) is 0 Å². The molecule has 0 atom stereocenters. The molecule has 0 fully saturated rings. The monoisotopic (exact) mass is 264 g/mol. The van der Waals surface area contributed by atoms with Crippen LogP contribution in [0.15, 0.2) is 0 Å². The van der Waals surface area contributed by atoms with E-state index in [1.165, 1.54) is 0 Å². The maximum atomic E-state index is 10.1. The Bertz CT molecular complexity index is 238. The molecule has 8 nitrogen and oxygen atoms in total. The van der Waals surface area contributed by atoms with E-state index in [1.54, 1.807) is 0 Å². The summed E-state index contributed by atoms with van der Waals surface area (Å²) in [5, 5.41) is 38.9. The standard InChI is InChI=1S/C6H8O7.H3N.Ni/c7-3(8)1-6(13,5(11)12)2-4(9)10;;/h13H,1-2H2,(H,7,8)(H,9,10)(H,11,12);1H3;/q;;+3/p-3. The van der Waals surface area contributed by atoms with Gasteiger partial charge in [0.1, 0.15) is 5.60 Å². The first-order valence-corrected chi connectivity index (χ1v) is 3.11. The van der Waals surface area contributed by atoms with Gasteiger partial charge in [-0.05, 0) is 0 Å². The molecule has 4 N–H and O–H groups in total. The molecule has 0 aromatic heterocycles. The Hall–Kier alpha value is -1.18. The van der Waals surface area contributed by atoms with E-state index in [0.717, 1.165) is 0 Å². The van der Waals surface area contributed by atoms with Crippen LogP contribution >= 0.6 is 0 Å². The Kier molecular flexibility index (Phi) is 9.26. The van der Waals surface area contributed by atoms with Crippen LogP contribution in [-0.2, 0) is 30.9 Å². The molecule has 9 heteroatoms. The van der Waals surface area contributed by atoms with E-state index in [0.29, 0.717) is 0 Å². The number of carbonyl (C=O) groups is 3. The average Bonchev–Trinajstić information content (AvgIpc) is 1.82. The smallest absolute Gasteiger partial charge is 0.550 e. The summed E-state index contributed by atoms with van der Waals surface area (Å²) >= 11 is 0. The minimum atomic E-state index is -2.97. The van der Waals surface area contributed by atoms with Crippen molar-refractivity contribution in [2.24, 2.45) is 0 Å². The molecule has 0 bridgehead atoms. The molecule has 0 aliphatic heterocycles. The fourth-order valence-corrected chi connectivity index (χ4v) is 0.684. The summed E-state index contributed by atoms with van der Waals surface area (Å²) < 4.78 is 0. The fraction of sp³-hybridized carbons (Fsp3) is 0.500. The van der Waals surface area contributed by atoms with Crippen LogP contribution in [0.5, 0.6) is 0 Å². The molecule has 0 aliphatic carbocycles. The Morgan fingerprint density at radius 1 is 1.00 bits per heavy atom. The van der Waals surface area contributed by atoms with Gasteiger partial charge in [0.15, 0.2) is 0 Å². The largest absolute Gasteiger partial charge is 3.00 e. The normalized spacial score (nSPS) is 9.40. The van der Waals surface area contributed by atoms with Gasteiger partial charge in [-0.3, -0.25) is 0 Å². The summed E-state index contributed by atoms with van der Waals surface area (Å²) in [4.78, 5) is 30.0. The van der Waals surface area contributed by atoms with Gasteiger partial charge in [0.2, 0.25) is 0 Å². The summed E-state index contributed by atoms with van der Waals surface area (Å²) in [6.07, 6.45) is -2.72. The summed E-state index contributed by atoms with van der Waals surface area (Å²) in [6, 6.07) is 0. The zero-order valence-corrected chi connectivity index (χ0v) is 8.32. The van der Waals surface area contributed by atoms with Gasteiger partial charge >= 0.3 is 16.5 Å². The first-order valence-electron chi connectivity index (χ1n) is 3.11. The third kappa shape index (κ3) is 6.84. The summed E-state index contributed by atoms with van der Waals surface area (Å²) in [6.45, 7) is 0. The molecule has 0 aromatic rings. The Morgan fingerprint density at radius 3 is 1.40 bits per heavy atom. The molecule has 0 heterocycles. The van der Waals surface area contributed by atoms with Gasteiger partial charge in [-0.1, -0.05) is 0 Å². The van der Waals surface area contributed by atoms with Crippen molar-refractivity contribution in [3.8, 4) is 0 Å². The Balaban J connectivity index is -0.000000720. The van der Waals surface area contributed by atoms with Crippen LogP contribution in [0, 0.1) is 0 Å². The van der Waals surface area contributed by atoms with E-state index < -0.39 is 36.4 Å². The zero-order chi connectivity index (χ0) is 10.6. The second-order valence-corrected chi connectivity index (χ2v) is 2.42. The van der Waals surface area contributed by atoms with E-state index in [4.69, 9.17) is 5.11 Å². The quantitative estimate of drug-likeness (QED) is 0.463. The molecule has 0 aromatic carbocycles. The first kappa shape index (κ1) is 19.4. The molecule has 0 aliphatic rings. The van der Waals surface area contributed by atoms with Crippen LogP contribution in [0.2, 0.25) is 0 Å². The predicted octanol–water partition coefficient (Wildman–Crippen LogP) is -5.09. The second-order valence-electron chi connectivity index (χ2n) is 2.42. The van der Waals surface area contributed by atoms with E-state index >= 15 is 0 Å². The summed E-state index contributed by atoms with van der Waals surface area (Å²) in [5.74, 6) is -5.98. The summed E-state index contributed by atoms with van der Waals surface area (Å²) in [5.41, 5.74) is -2.97. The van der Waals surface area contributed by atoms with Gasteiger partial charge in [0, 0.05) is 24.8 Å². The SMILES string of the molecule is N.O=C([O-])CC(O)(CC(=O)[O-])C(=O)[O-].[Ni+3]. The number of hydrogen-bond donors (Lipinski definition) is 2. The Morgan fingerprint density at radius 2 is 1.27 bits per heavy atom. The van der Waals surface area contributed by atoms with E-state index in [-0.39, 0.29) is 22.6 Å². The van der Waals surface area contributed by atoms with E-state index in [9.17, 15) is 29.7 Å². The molecular weight excluding hydrogens is 257 g/mol. The molecule has 0 rings (SSSR count). The van der Waals surface area contributed by atoms with Crippen LogP contribution in [0.3, 0.4) is 0 Å². The van der Waals surface area contributed by atoms with Gasteiger partial charge in [-0.2, -0.15) is 0 Å². The van der Waals surface area contributed by atoms with E-state index in [2.05, 4.69) is 0 Å². The molecule has 0 amide bonds. The van der Waals surface area contributed by atoms with Crippen molar-refractivity contribution in [1.29, 1.82) is 0 Å². The Labute approximate surface area is 94.4 Å². The number of rotatable bonds is 5. The van der Waals surface area contributed by atoms with Crippen molar-refractivity contribution in [2.45, 2.75) is 18.4 Å². The first-order chi connectivity index (χ1) is 5.78.